The van der Waals surface area contributed by atoms with Gasteiger partial charge in [-0.3, -0.25) is 19.2 Å². The van der Waals surface area contributed by atoms with E-state index in [0.717, 1.165) is 45.2 Å². The van der Waals surface area contributed by atoms with Crippen molar-refractivity contribution >= 4 is 72.2 Å². The zero-order chi connectivity index (χ0) is 44.7. The maximum atomic E-state index is 11.0. The van der Waals surface area contributed by atoms with Gasteiger partial charge in [0.25, 0.3) is 0 Å². The van der Waals surface area contributed by atoms with Gasteiger partial charge in [0.2, 0.25) is 23.6 Å². The molecule has 0 spiro atoms. The van der Waals surface area contributed by atoms with Crippen LogP contribution in [0.5, 0.6) is 0 Å². The fourth-order valence-electron chi connectivity index (χ4n) is 4.09. The summed E-state index contributed by atoms with van der Waals surface area (Å²) in [7, 11) is 4.80. The fourth-order valence-corrected chi connectivity index (χ4v) is 4.65. The van der Waals surface area contributed by atoms with Gasteiger partial charge in [0, 0.05) is 191 Å². The van der Waals surface area contributed by atoms with Crippen LogP contribution in [0.4, 0.5) is 0 Å². The summed E-state index contributed by atoms with van der Waals surface area (Å²) in [4.78, 5) is 59.6. The van der Waals surface area contributed by atoms with Crippen molar-refractivity contribution in [2.24, 2.45) is 0 Å². The van der Waals surface area contributed by atoms with Crippen LogP contribution in [0.3, 0.4) is 0 Å². The number of Topliss-reactive ketones (excluding diaryl/α,β-unsaturated/α-hetero) is 1. The number of nitrogens with one attached hydrogen (secondary N) is 3. The Labute approximate surface area is 526 Å². The predicted molar refractivity (Wildman–Crippen MR) is 257 cm³/mol. The summed E-state index contributed by atoms with van der Waals surface area (Å²) in [5, 5.41) is 8.83. The van der Waals surface area contributed by atoms with Gasteiger partial charge < -0.3 is 109 Å². The van der Waals surface area contributed by atoms with Crippen LogP contribution < -0.4 is 15.5 Å². The van der Waals surface area contributed by atoms with Crippen molar-refractivity contribution in [2.75, 3.05) is 45.8 Å². The van der Waals surface area contributed by atoms with E-state index < -0.39 is 0 Å². The Bertz CT molecular complexity index is 928. The smallest absolute Gasteiger partial charge is 0.214 e. The maximum absolute atomic E-state index is 11.0. The van der Waals surface area contributed by atoms with Crippen LogP contribution in [0.15, 0.2) is 0 Å². The molecule has 7 unspecified atom stereocenters. The van der Waals surface area contributed by atoms with Gasteiger partial charge in [-0.2, -0.15) is 0 Å². The second-order valence-electron chi connectivity index (χ2n) is 12.3. The number of halogens is 1. The van der Waals surface area contributed by atoms with Crippen LogP contribution in [0, 0.1) is 69.2 Å². The minimum Gasteiger partial charge on any atom is -0.400 e. The van der Waals surface area contributed by atoms with Gasteiger partial charge in [0.15, 0.2) is 0 Å². The van der Waals surface area contributed by atoms with Crippen molar-refractivity contribution < 1.29 is 188 Å². The average Bonchev–Trinajstić information content (AvgIpc) is 3.09. The van der Waals surface area contributed by atoms with E-state index in [9.17, 15) is 24.0 Å². The van der Waals surface area contributed by atoms with Crippen LogP contribution in [-0.4, -0.2) is 125 Å². The number of amides is 4. The zero-order valence-electron chi connectivity index (χ0n) is 39.7. The summed E-state index contributed by atoms with van der Waals surface area (Å²) in [5.41, 5.74) is 0. The number of hydrogen-bond acceptors (Lipinski definition) is 8. The summed E-state index contributed by atoms with van der Waals surface area (Å²) < 4.78 is 0. The molecular formula is C41H84IN7O5P2Y5-10. The average molecular weight is 1390 g/mol. The minimum atomic E-state index is -0.0394. The Morgan fingerprint density at radius 3 is 0.951 bits per heavy atom. The van der Waals surface area contributed by atoms with Gasteiger partial charge in [-0.25, -0.2) is 0 Å². The number of ketones is 1. The monoisotopic (exact) mass is 1390 g/mol. The molecule has 0 saturated heterocycles. The third kappa shape index (κ3) is 66.7. The first-order valence-corrected chi connectivity index (χ1v) is 20.0. The van der Waals surface area contributed by atoms with E-state index >= 15 is 0 Å². The van der Waals surface area contributed by atoms with E-state index in [0.29, 0.717) is 32.7 Å². The Morgan fingerprint density at radius 2 is 0.770 bits per heavy atom. The molecule has 0 heterocycles. The maximum Gasteiger partial charge on any atom is 0.214 e. The molecule has 355 valence electrons. The van der Waals surface area contributed by atoms with E-state index in [1.54, 1.807) is 40.4 Å². The molecule has 0 rings (SSSR count). The summed E-state index contributed by atoms with van der Waals surface area (Å²) in [5.74, 6) is 0.357. The minimum absolute atomic E-state index is 0. The van der Waals surface area contributed by atoms with Crippen molar-refractivity contribution in [3.8, 4) is 0 Å². The number of carbonyl (C=O) groups excluding carboxylic acids is 5. The molecule has 0 aliphatic rings. The second-order valence-corrected chi connectivity index (χ2v) is 13.1. The number of hydrogen-bond donors (Lipinski definition) is 3. The van der Waals surface area contributed by atoms with Gasteiger partial charge in [0.05, 0.1) is 0 Å². The Morgan fingerprint density at radius 1 is 0.508 bits per heavy atom. The second kappa shape index (κ2) is 68.8. The summed E-state index contributed by atoms with van der Waals surface area (Å²) in [6, 6.07) is 0.484. The first kappa shape index (κ1) is 95.2. The summed E-state index contributed by atoms with van der Waals surface area (Å²) >= 11 is 0. The molecule has 0 bridgehead atoms. The van der Waals surface area contributed by atoms with E-state index in [2.05, 4.69) is 110 Å². The molecule has 0 aromatic carbocycles. The standard InChI is InChI=1S/C10H19NO.2C8H15NO.C7H15N2OP.C5H13N2P.C3H6O.HI.5Y/c1-5-7-8-9(3)11(6-2)10(4)12;2*1-5-7(3)9(6-2)8(4)10;1-4-9(7(3)10)6(2)5-8-11;1-3-6-5(2)4-7-8;1-3(2)4;;;;;;/h9H,2-3,5-8H2,1,4H3;2*7H,2-3,5-6H2,1,4H3;6,8H,1-2,4-5,11H2,3H3;5-7H,1-4,8H2;1-2H3;1H;;;;;/q5*-2;;;;;;;. The molecule has 0 aromatic rings. The molecule has 0 saturated carbocycles. The SMILES string of the molecule is CC(C)=O.I.[CH2-]CN(C(C)=O)C([CH2-])CC.[CH2-]CN(C(C)=O)C([CH2-])CC.[CH2-]CN(C(C)=O)C([CH2-])CCCC.[CH2-]CN(C(C)=O)C([CH2-])CNP.[CH2-]CNC([CH2-])CNP.[Y].[Y].[Y].[Y].[Y]. The van der Waals surface area contributed by atoms with Crippen molar-refractivity contribution in [3.05, 3.63) is 69.2 Å². The van der Waals surface area contributed by atoms with Gasteiger partial charge in [0.1, 0.15) is 5.78 Å². The normalized spacial score (nSPS) is 11.2. The number of rotatable bonds is 19. The van der Waals surface area contributed by atoms with Crippen LogP contribution in [0.25, 0.3) is 0 Å². The van der Waals surface area contributed by atoms with E-state index in [-0.39, 0.29) is 247 Å². The largest absolute Gasteiger partial charge is 0.400 e. The van der Waals surface area contributed by atoms with E-state index in [1.165, 1.54) is 20.8 Å². The molecule has 0 fully saturated rings. The van der Waals surface area contributed by atoms with Crippen molar-refractivity contribution in [2.45, 2.75) is 125 Å². The molecule has 0 aliphatic carbocycles. The molecule has 0 aliphatic heterocycles. The van der Waals surface area contributed by atoms with Crippen molar-refractivity contribution in [3.63, 3.8) is 0 Å². The van der Waals surface area contributed by atoms with Crippen molar-refractivity contribution in [1.29, 1.82) is 0 Å². The van der Waals surface area contributed by atoms with Crippen LogP contribution in [0.1, 0.15) is 94.4 Å². The Hall–Kier alpha value is 4.54. The third-order valence-electron chi connectivity index (χ3n) is 7.33. The zero-order valence-corrected chi connectivity index (χ0v) is 58.6. The first-order chi connectivity index (χ1) is 25.6. The molecule has 3 N–H and O–H groups in total. The summed E-state index contributed by atoms with van der Waals surface area (Å²) in [6.07, 6.45) is 5.02. The van der Waals surface area contributed by atoms with Crippen LogP contribution in [-0.2, 0) is 188 Å². The Kier molecular flexibility index (Phi) is 107. The predicted octanol–water partition coefficient (Wildman–Crippen LogP) is 6.07. The van der Waals surface area contributed by atoms with Crippen LogP contribution >= 0.6 is 42.8 Å². The quantitative estimate of drug-likeness (QED) is 0.0808. The topological polar surface area (TPSA) is 134 Å². The van der Waals surface area contributed by atoms with E-state index in [4.69, 9.17) is 0 Å². The molecule has 61 heavy (non-hydrogen) atoms. The van der Waals surface area contributed by atoms with Crippen LogP contribution in [0.2, 0.25) is 0 Å². The molecule has 0 aromatic heterocycles. The number of unbranched alkanes of at least 4 members (excludes halogenated alkanes) is 1. The van der Waals surface area contributed by atoms with E-state index in [1.807, 2.05) is 13.8 Å². The van der Waals surface area contributed by atoms with Gasteiger partial charge in [-0.1, -0.05) is 95.8 Å². The van der Waals surface area contributed by atoms with Gasteiger partial charge in [-0.15, -0.1) is 62.7 Å². The first-order valence-electron chi connectivity index (χ1n) is 18.8. The summed E-state index contributed by atoms with van der Waals surface area (Å²) in [6.45, 7) is 57.0. The Balaban J connectivity index is -0.0000000471. The number of nitrogens with zero attached hydrogens (tertiary/aromatic N) is 4. The van der Waals surface area contributed by atoms with Gasteiger partial charge in [-0.05, 0) is 26.9 Å². The number of carbonyl (C=O) groups is 5. The molecule has 5 radical (unpaired) electrons. The van der Waals surface area contributed by atoms with Gasteiger partial charge >= 0.3 is 0 Å². The van der Waals surface area contributed by atoms with Crippen molar-refractivity contribution in [1.82, 2.24) is 35.1 Å². The molecular weight excluding hydrogens is 1300 g/mol. The molecule has 12 nitrogen and oxygen atoms in total. The fraction of sp³-hybridized carbons (Fsp3) is 0.634. The molecule has 20 heteroatoms. The molecule has 4 amide bonds. The molecule has 7 atom stereocenters. The third-order valence-corrected chi connectivity index (χ3v) is 7.80.